The van der Waals surface area contributed by atoms with Gasteiger partial charge in [-0.1, -0.05) is 19.9 Å². The van der Waals surface area contributed by atoms with Gasteiger partial charge < -0.3 is 5.73 Å². The fraction of sp³-hybridized carbons (Fsp3) is 0.455. The Bertz CT molecular complexity index is 323. The van der Waals surface area contributed by atoms with Crippen molar-refractivity contribution < 1.29 is 4.39 Å². The highest BCUT2D eigenvalue weighted by atomic mass is 79.9. The molecule has 0 saturated heterocycles. The van der Waals surface area contributed by atoms with Crippen molar-refractivity contribution in [3.05, 3.63) is 34.1 Å². The van der Waals surface area contributed by atoms with Gasteiger partial charge in [-0.2, -0.15) is 0 Å². The Hall–Kier alpha value is -0.410. The van der Waals surface area contributed by atoms with Gasteiger partial charge in [-0.3, -0.25) is 0 Å². The molecule has 0 radical (unpaired) electrons. The largest absolute Gasteiger partial charge is 0.330 e. The third-order valence-electron chi connectivity index (χ3n) is 2.22. The van der Waals surface area contributed by atoms with Gasteiger partial charge in [-0.15, -0.1) is 0 Å². The first-order valence-corrected chi connectivity index (χ1v) is 5.38. The third-order valence-corrected chi connectivity index (χ3v) is 2.86. The lowest BCUT2D eigenvalue weighted by molar-refractivity contribution is 0.376. The van der Waals surface area contributed by atoms with Crippen molar-refractivity contribution in [3.63, 3.8) is 0 Å². The second kappa shape index (κ2) is 4.41. The fourth-order valence-corrected chi connectivity index (χ4v) is 1.52. The zero-order chi connectivity index (χ0) is 10.8. The topological polar surface area (TPSA) is 26.0 Å². The Morgan fingerprint density at radius 1 is 1.43 bits per heavy atom. The van der Waals surface area contributed by atoms with Crippen molar-refractivity contribution in [1.29, 1.82) is 0 Å². The third kappa shape index (κ3) is 3.07. The standard InChI is InChI=1S/C11H15BrFN/c1-11(2,7-14)6-8-3-4-9(12)10(13)5-8/h3-5H,6-7,14H2,1-2H3. The Morgan fingerprint density at radius 2 is 2.07 bits per heavy atom. The lowest BCUT2D eigenvalue weighted by atomic mass is 9.86. The smallest absolute Gasteiger partial charge is 0.137 e. The molecule has 0 heterocycles. The molecule has 1 aromatic carbocycles. The van der Waals surface area contributed by atoms with Crippen molar-refractivity contribution in [2.75, 3.05) is 6.54 Å². The van der Waals surface area contributed by atoms with Crippen LogP contribution in [0.5, 0.6) is 0 Å². The molecule has 2 N–H and O–H groups in total. The first-order valence-electron chi connectivity index (χ1n) is 4.58. The van der Waals surface area contributed by atoms with Gasteiger partial charge in [0.25, 0.3) is 0 Å². The SMILES string of the molecule is CC(C)(CN)Cc1ccc(Br)c(F)c1. The average molecular weight is 260 g/mol. The first-order chi connectivity index (χ1) is 6.44. The van der Waals surface area contributed by atoms with Crippen LogP contribution in [0.3, 0.4) is 0 Å². The van der Waals surface area contributed by atoms with Gasteiger partial charge in [0.05, 0.1) is 4.47 Å². The number of benzene rings is 1. The minimum Gasteiger partial charge on any atom is -0.330 e. The van der Waals surface area contributed by atoms with Crippen molar-refractivity contribution >= 4 is 15.9 Å². The van der Waals surface area contributed by atoms with Crippen LogP contribution in [-0.2, 0) is 6.42 Å². The average Bonchev–Trinajstić information content (AvgIpc) is 2.11. The van der Waals surface area contributed by atoms with E-state index in [4.69, 9.17) is 5.73 Å². The molecule has 1 aromatic rings. The van der Waals surface area contributed by atoms with Gasteiger partial charge >= 0.3 is 0 Å². The minimum absolute atomic E-state index is 0.0280. The lowest BCUT2D eigenvalue weighted by Crippen LogP contribution is -2.25. The second-order valence-corrected chi connectivity index (χ2v) is 5.15. The molecule has 0 spiro atoms. The van der Waals surface area contributed by atoms with E-state index in [9.17, 15) is 4.39 Å². The van der Waals surface area contributed by atoms with Gasteiger partial charge in [0.2, 0.25) is 0 Å². The summed E-state index contributed by atoms with van der Waals surface area (Å²) < 4.78 is 13.7. The van der Waals surface area contributed by atoms with Gasteiger partial charge in [-0.05, 0) is 52.0 Å². The van der Waals surface area contributed by atoms with E-state index in [0.717, 1.165) is 12.0 Å². The van der Waals surface area contributed by atoms with Gasteiger partial charge in [0.1, 0.15) is 5.82 Å². The maximum absolute atomic E-state index is 13.2. The zero-order valence-electron chi connectivity index (χ0n) is 8.48. The van der Waals surface area contributed by atoms with E-state index < -0.39 is 0 Å². The molecular weight excluding hydrogens is 245 g/mol. The van der Waals surface area contributed by atoms with E-state index >= 15 is 0 Å². The van der Waals surface area contributed by atoms with Crippen LogP contribution in [0.2, 0.25) is 0 Å². The van der Waals surface area contributed by atoms with Crippen molar-refractivity contribution in [1.82, 2.24) is 0 Å². The van der Waals surface area contributed by atoms with E-state index in [0.29, 0.717) is 11.0 Å². The molecule has 0 aliphatic carbocycles. The van der Waals surface area contributed by atoms with E-state index in [-0.39, 0.29) is 11.2 Å². The van der Waals surface area contributed by atoms with Crippen molar-refractivity contribution in [2.24, 2.45) is 11.1 Å². The summed E-state index contributed by atoms with van der Waals surface area (Å²) in [5.74, 6) is -0.213. The molecule has 0 aromatic heterocycles. The number of nitrogens with two attached hydrogens (primary N) is 1. The molecule has 0 unspecified atom stereocenters. The van der Waals surface area contributed by atoms with Crippen LogP contribution < -0.4 is 5.73 Å². The zero-order valence-corrected chi connectivity index (χ0v) is 10.1. The Morgan fingerprint density at radius 3 is 2.57 bits per heavy atom. The van der Waals surface area contributed by atoms with Crippen LogP contribution in [0.4, 0.5) is 4.39 Å². The molecule has 1 rings (SSSR count). The Labute approximate surface area is 92.6 Å². The number of hydrogen-bond acceptors (Lipinski definition) is 1. The van der Waals surface area contributed by atoms with E-state index in [1.807, 2.05) is 6.07 Å². The fourth-order valence-electron chi connectivity index (χ4n) is 1.27. The van der Waals surface area contributed by atoms with E-state index in [1.165, 1.54) is 0 Å². The van der Waals surface area contributed by atoms with E-state index in [2.05, 4.69) is 29.8 Å². The summed E-state index contributed by atoms with van der Waals surface area (Å²) in [7, 11) is 0. The molecule has 14 heavy (non-hydrogen) atoms. The van der Waals surface area contributed by atoms with Crippen LogP contribution in [0.15, 0.2) is 22.7 Å². The van der Waals surface area contributed by atoms with Gasteiger partial charge in [0, 0.05) is 0 Å². The predicted molar refractivity (Wildman–Crippen MR) is 60.6 cm³/mol. The lowest BCUT2D eigenvalue weighted by Gasteiger charge is -2.22. The Kier molecular flexibility index (Phi) is 3.67. The maximum atomic E-state index is 13.2. The summed E-state index contributed by atoms with van der Waals surface area (Å²) in [6, 6.07) is 5.21. The highest BCUT2D eigenvalue weighted by molar-refractivity contribution is 9.10. The molecular formula is C11H15BrFN. The molecule has 0 atom stereocenters. The van der Waals surface area contributed by atoms with Gasteiger partial charge in [0.15, 0.2) is 0 Å². The van der Waals surface area contributed by atoms with Crippen molar-refractivity contribution in [3.8, 4) is 0 Å². The molecule has 1 nitrogen and oxygen atoms in total. The molecule has 0 amide bonds. The number of halogens is 2. The molecule has 78 valence electrons. The number of hydrogen-bond donors (Lipinski definition) is 1. The molecule has 0 aliphatic heterocycles. The molecule has 3 heteroatoms. The summed E-state index contributed by atoms with van der Waals surface area (Å²) in [5.41, 5.74) is 6.63. The minimum atomic E-state index is -0.213. The second-order valence-electron chi connectivity index (χ2n) is 4.29. The summed E-state index contributed by atoms with van der Waals surface area (Å²) in [5, 5.41) is 0. The van der Waals surface area contributed by atoms with Crippen LogP contribution in [0.1, 0.15) is 19.4 Å². The van der Waals surface area contributed by atoms with Crippen LogP contribution in [-0.4, -0.2) is 6.54 Å². The highest BCUT2D eigenvalue weighted by Crippen LogP contribution is 2.23. The monoisotopic (exact) mass is 259 g/mol. The molecule has 0 saturated carbocycles. The van der Waals surface area contributed by atoms with Crippen LogP contribution in [0.25, 0.3) is 0 Å². The molecule has 0 aliphatic rings. The Balaban J connectivity index is 2.83. The molecule has 0 fully saturated rings. The maximum Gasteiger partial charge on any atom is 0.137 e. The van der Waals surface area contributed by atoms with Crippen LogP contribution >= 0.6 is 15.9 Å². The highest BCUT2D eigenvalue weighted by Gasteiger charge is 2.16. The summed E-state index contributed by atoms with van der Waals surface area (Å²) in [6.45, 7) is 4.75. The van der Waals surface area contributed by atoms with E-state index in [1.54, 1.807) is 12.1 Å². The predicted octanol–water partition coefficient (Wildman–Crippen LogP) is 3.12. The van der Waals surface area contributed by atoms with Gasteiger partial charge in [-0.25, -0.2) is 4.39 Å². The number of rotatable bonds is 3. The molecule has 0 bridgehead atoms. The summed E-state index contributed by atoms with van der Waals surface area (Å²) in [6.07, 6.45) is 0.799. The van der Waals surface area contributed by atoms with Crippen LogP contribution in [0, 0.1) is 11.2 Å². The summed E-state index contributed by atoms with van der Waals surface area (Å²) >= 11 is 3.13. The first kappa shape index (κ1) is 11.7. The quantitative estimate of drug-likeness (QED) is 0.887. The van der Waals surface area contributed by atoms with Crippen molar-refractivity contribution in [2.45, 2.75) is 20.3 Å². The normalized spacial score (nSPS) is 11.8. The summed E-state index contributed by atoms with van der Waals surface area (Å²) in [4.78, 5) is 0.